The van der Waals surface area contributed by atoms with Crippen LogP contribution in [0.15, 0.2) is 48.5 Å². The molecule has 2 N–H and O–H groups in total. The molecular weight excluding hydrogens is 491 g/mol. The number of hydrogen-bond donors (Lipinski definition) is 2. The topological polar surface area (TPSA) is 97.3 Å². The summed E-state index contributed by atoms with van der Waals surface area (Å²) >= 11 is 0. The number of amides is 2. The maximum atomic E-state index is 13.0. The van der Waals surface area contributed by atoms with E-state index in [0.29, 0.717) is 51.7 Å². The minimum Gasteiger partial charge on any atom is -0.492 e. The zero-order valence-electron chi connectivity index (χ0n) is 22.1. The Bertz CT molecular complexity index is 980. The normalized spacial score (nSPS) is 14.3. The van der Waals surface area contributed by atoms with Crippen LogP contribution in [0.1, 0.15) is 50.2 Å². The molecule has 208 valence electrons. The highest BCUT2D eigenvalue weighted by molar-refractivity contribution is 5.74. The number of hydrogen-bond acceptors (Lipinski definition) is 5. The molecule has 1 aliphatic rings. The minimum absolute atomic E-state index is 0.0926. The Morgan fingerprint density at radius 3 is 2.37 bits per heavy atom. The zero-order valence-corrected chi connectivity index (χ0v) is 22.1. The molecular formula is C29H39FN2O6. The standard InChI is InChI=1S/C29H39FN2O6/c1-2-37-27(28(33)34)20-22-10-14-26(15-11-22)38-19-17-32(29(35)31-25-6-3-4-7-25)16-5-18-36-21-23-8-12-24(30)13-9-23/h8-15,25,27H,2-7,16-21H2,1H3,(H,31,35)(H,33,34). The van der Waals surface area contributed by atoms with Gasteiger partial charge < -0.3 is 29.5 Å². The van der Waals surface area contributed by atoms with Crippen molar-refractivity contribution in [3.63, 3.8) is 0 Å². The van der Waals surface area contributed by atoms with Crippen molar-refractivity contribution in [1.82, 2.24) is 10.2 Å². The summed E-state index contributed by atoms with van der Waals surface area (Å²) < 4.78 is 29.9. The molecule has 1 atom stereocenters. The van der Waals surface area contributed by atoms with Crippen molar-refractivity contribution in [1.29, 1.82) is 0 Å². The van der Waals surface area contributed by atoms with Crippen LogP contribution in [0.5, 0.6) is 5.75 Å². The first-order valence-electron chi connectivity index (χ1n) is 13.4. The molecule has 0 saturated heterocycles. The van der Waals surface area contributed by atoms with E-state index >= 15 is 0 Å². The van der Waals surface area contributed by atoms with Crippen LogP contribution in [0, 0.1) is 5.82 Å². The summed E-state index contributed by atoms with van der Waals surface area (Å²) in [6.45, 7) is 4.25. The van der Waals surface area contributed by atoms with E-state index in [9.17, 15) is 19.1 Å². The molecule has 9 heteroatoms. The summed E-state index contributed by atoms with van der Waals surface area (Å²) in [6, 6.07) is 13.6. The number of nitrogens with one attached hydrogen (secondary N) is 1. The molecule has 1 saturated carbocycles. The monoisotopic (exact) mass is 530 g/mol. The van der Waals surface area contributed by atoms with Crippen molar-refractivity contribution in [3.05, 3.63) is 65.5 Å². The van der Waals surface area contributed by atoms with E-state index in [1.807, 2.05) is 12.1 Å². The fourth-order valence-electron chi connectivity index (χ4n) is 4.41. The average molecular weight is 531 g/mol. The van der Waals surface area contributed by atoms with E-state index in [1.165, 1.54) is 12.1 Å². The van der Waals surface area contributed by atoms with Gasteiger partial charge in [0.1, 0.15) is 18.2 Å². The number of carboxylic acids is 1. The van der Waals surface area contributed by atoms with Gasteiger partial charge in [0.2, 0.25) is 0 Å². The van der Waals surface area contributed by atoms with Crippen molar-refractivity contribution in [2.24, 2.45) is 0 Å². The number of benzene rings is 2. The Kier molecular flexibility index (Phi) is 12.3. The number of halogens is 1. The summed E-state index contributed by atoms with van der Waals surface area (Å²) in [4.78, 5) is 26.0. The van der Waals surface area contributed by atoms with E-state index in [4.69, 9.17) is 14.2 Å². The predicted octanol–water partition coefficient (Wildman–Crippen LogP) is 4.80. The van der Waals surface area contributed by atoms with Gasteiger partial charge in [0.15, 0.2) is 6.10 Å². The maximum Gasteiger partial charge on any atom is 0.333 e. The molecule has 0 aliphatic heterocycles. The van der Waals surface area contributed by atoms with Gasteiger partial charge in [-0.2, -0.15) is 0 Å². The fourth-order valence-corrected chi connectivity index (χ4v) is 4.41. The van der Waals surface area contributed by atoms with E-state index in [0.717, 1.165) is 36.8 Å². The first kappa shape index (κ1) is 29.4. The van der Waals surface area contributed by atoms with Gasteiger partial charge in [0.25, 0.3) is 0 Å². The molecule has 2 amide bonds. The Balaban J connectivity index is 1.45. The second-order valence-electron chi connectivity index (χ2n) is 9.43. The van der Waals surface area contributed by atoms with Crippen LogP contribution in [-0.4, -0.2) is 67.1 Å². The number of ether oxygens (including phenoxy) is 3. The van der Waals surface area contributed by atoms with Gasteiger partial charge in [-0.15, -0.1) is 0 Å². The predicted molar refractivity (Wildman–Crippen MR) is 142 cm³/mol. The molecule has 2 aromatic carbocycles. The summed E-state index contributed by atoms with van der Waals surface area (Å²) in [5, 5.41) is 12.4. The van der Waals surface area contributed by atoms with E-state index in [1.54, 1.807) is 36.1 Å². The number of carbonyl (C=O) groups is 2. The van der Waals surface area contributed by atoms with Crippen LogP contribution >= 0.6 is 0 Å². The van der Waals surface area contributed by atoms with Crippen LogP contribution in [0.25, 0.3) is 0 Å². The van der Waals surface area contributed by atoms with Gasteiger partial charge >= 0.3 is 12.0 Å². The van der Waals surface area contributed by atoms with Gasteiger partial charge in [-0.3, -0.25) is 0 Å². The first-order valence-corrected chi connectivity index (χ1v) is 13.4. The highest BCUT2D eigenvalue weighted by Gasteiger charge is 2.21. The van der Waals surface area contributed by atoms with Gasteiger partial charge in [-0.1, -0.05) is 37.1 Å². The lowest BCUT2D eigenvalue weighted by atomic mass is 10.1. The van der Waals surface area contributed by atoms with Crippen molar-refractivity contribution < 1.29 is 33.3 Å². The van der Waals surface area contributed by atoms with Gasteiger partial charge in [-0.25, -0.2) is 14.0 Å². The van der Waals surface area contributed by atoms with E-state index in [2.05, 4.69) is 5.32 Å². The maximum absolute atomic E-state index is 13.0. The van der Waals surface area contributed by atoms with Crippen LogP contribution in [-0.2, 0) is 27.3 Å². The smallest absolute Gasteiger partial charge is 0.333 e. The summed E-state index contributed by atoms with van der Waals surface area (Å²) in [6.07, 6.45) is 4.36. The molecule has 0 radical (unpaired) electrons. The largest absolute Gasteiger partial charge is 0.492 e. The molecule has 38 heavy (non-hydrogen) atoms. The SMILES string of the molecule is CCOC(Cc1ccc(OCCN(CCCOCc2ccc(F)cc2)C(=O)NC2CCCC2)cc1)C(=O)O. The average Bonchev–Trinajstić information content (AvgIpc) is 3.42. The lowest BCUT2D eigenvalue weighted by molar-refractivity contribution is -0.149. The number of aliphatic carboxylic acids is 1. The van der Waals surface area contributed by atoms with E-state index < -0.39 is 12.1 Å². The molecule has 1 fully saturated rings. The quantitative estimate of drug-likeness (QED) is 0.303. The molecule has 0 aromatic heterocycles. The van der Waals surface area contributed by atoms with Crippen molar-refractivity contribution in [3.8, 4) is 5.75 Å². The highest BCUT2D eigenvalue weighted by Crippen LogP contribution is 2.18. The Morgan fingerprint density at radius 1 is 1.03 bits per heavy atom. The minimum atomic E-state index is -0.982. The summed E-state index contributed by atoms with van der Waals surface area (Å²) in [7, 11) is 0. The number of carboxylic acid groups (broad SMARTS) is 1. The molecule has 0 spiro atoms. The Morgan fingerprint density at radius 2 is 1.71 bits per heavy atom. The van der Waals surface area contributed by atoms with E-state index in [-0.39, 0.29) is 24.3 Å². The van der Waals surface area contributed by atoms with Crippen LogP contribution in [0.4, 0.5) is 9.18 Å². The van der Waals surface area contributed by atoms with Crippen molar-refractivity contribution >= 4 is 12.0 Å². The molecule has 2 aromatic rings. The molecule has 1 unspecified atom stereocenters. The summed E-state index contributed by atoms with van der Waals surface area (Å²) in [5.41, 5.74) is 1.74. The molecule has 0 heterocycles. The van der Waals surface area contributed by atoms with Crippen LogP contribution in [0.3, 0.4) is 0 Å². The third-order valence-corrected chi connectivity index (χ3v) is 6.49. The Hall–Kier alpha value is -3.17. The number of carbonyl (C=O) groups excluding carboxylic acids is 1. The summed E-state index contributed by atoms with van der Waals surface area (Å²) in [5.74, 6) is -0.607. The molecule has 8 nitrogen and oxygen atoms in total. The zero-order chi connectivity index (χ0) is 27.2. The first-order chi connectivity index (χ1) is 18.4. The third-order valence-electron chi connectivity index (χ3n) is 6.49. The second kappa shape index (κ2) is 15.9. The molecule has 3 rings (SSSR count). The van der Waals surface area contributed by atoms with Gasteiger partial charge in [-0.05, 0) is 61.6 Å². The fraction of sp³-hybridized carbons (Fsp3) is 0.517. The Labute approximate surface area is 224 Å². The number of urea groups is 1. The lowest BCUT2D eigenvalue weighted by Crippen LogP contribution is -2.46. The highest BCUT2D eigenvalue weighted by atomic mass is 19.1. The van der Waals surface area contributed by atoms with Gasteiger partial charge in [0.05, 0.1) is 13.2 Å². The third kappa shape index (κ3) is 10.3. The number of nitrogens with zero attached hydrogens (tertiary/aromatic N) is 1. The number of rotatable bonds is 16. The van der Waals surface area contributed by atoms with Crippen molar-refractivity contribution in [2.75, 3.05) is 32.9 Å². The van der Waals surface area contributed by atoms with Crippen LogP contribution < -0.4 is 10.1 Å². The molecule has 0 bridgehead atoms. The lowest BCUT2D eigenvalue weighted by Gasteiger charge is -2.25. The second-order valence-corrected chi connectivity index (χ2v) is 9.43. The van der Waals surface area contributed by atoms with Gasteiger partial charge in [0, 0.05) is 32.2 Å². The van der Waals surface area contributed by atoms with Crippen LogP contribution in [0.2, 0.25) is 0 Å². The van der Waals surface area contributed by atoms with Crippen molar-refractivity contribution in [2.45, 2.75) is 64.2 Å². The molecule has 1 aliphatic carbocycles.